The van der Waals surface area contributed by atoms with Crippen molar-refractivity contribution in [3.8, 4) is 0 Å². The van der Waals surface area contributed by atoms with Crippen molar-refractivity contribution in [2.75, 3.05) is 11.9 Å². The third-order valence-corrected chi connectivity index (χ3v) is 4.08. The average molecular weight is 287 g/mol. The fraction of sp³-hybridized carbons (Fsp3) is 0.125. The van der Waals surface area contributed by atoms with Crippen LogP contribution in [0, 0.1) is 5.82 Å². The largest absolute Gasteiger partial charge is 0.387 e. The van der Waals surface area contributed by atoms with E-state index in [4.69, 9.17) is 0 Å². The summed E-state index contributed by atoms with van der Waals surface area (Å²) in [6, 6.07) is 14.2. The Morgan fingerprint density at radius 1 is 1.15 bits per heavy atom. The molecule has 20 heavy (non-hydrogen) atoms. The molecule has 3 aromatic rings. The van der Waals surface area contributed by atoms with Crippen molar-refractivity contribution >= 4 is 27.1 Å². The van der Waals surface area contributed by atoms with Gasteiger partial charge in [0.05, 0.1) is 6.10 Å². The third-order valence-electron chi connectivity index (χ3n) is 3.19. The average Bonchev–Trinajstić information content (AvgIpc) is 2.92. The van der Waals surface area contributed by atoms with Gasteiger partial charge in [0.25, 0.3) is 0 Å². The summed E-state index contributed by atoms with van der Waals surface area (Å²) in [6.07, 6.45) is -0.733. The van der Waals surface area contributed by atoms with E-state index in [9.17, 15) is 9.50 Å². The van der Waals surface area contributed by atoms with Crippen LogP contribution in [0.3, 0.4) is 0 Å². The smallest absolute Gasteiger partial charge is 0.123 e. The number of hydrogen-bond donors (Lipinski definition) is 2. The van der Waals surface area contributed by atoms with E-state index >= 15 is 0 Å². The van der Waals surface area contributed by atoms with Gasteiger partial charge in [-0.1, -0.05) is 12.1 Å². The zero-order valence-electron chi connectivity index (χ0n) is 10.7. The number of aliphatic hydroxyl groups excluding tert-OH is 1. The second kappa shape index (κ2) is 5.61. The molecule has 0 saturated heterocycles. The van der Waals surface area contributed by atoms with Crippen molar-refractivity contribution in [1.29, 1.82) is 0 Å². The summed E-state index contributed by atoms with van der Waals surface area (Å²) < 4.78 is 14.3. The van der Waals surface area contributed by atoms with Crippen LogP contribution >= 0.6 is 11.3 Å². The quantitative estimate of drug-likeness (QED) is 0.754. The molecule has 1 unspecified atom stereocenters. The predicted octanol–water partition coefficient (Wildman–Crippen LogP) is 4.19. The molecule has 2 N–H and O–H groups in total. The molecule has 0 aliphatic carbocycles. The minimum Gasteiger partial charge on any atom is -0.387 e. The Kier molecular flexibility index (Phi) is 3.67. The number of aliphatic hydroxyl groups is 1. The highest BCUT2D eigenvalue weighted by atomic mass is 32.1. The molecule has 2 aromatic carbocycles. The fourth-order valence-electron chi connectivity index (χ4n) is 2.12. The lowest BCUT2D eigenvalue weighted by Gasteiger charge is -2.13. The van der Waals surface area contributed by atoms with Crippen LogP contribution < -0.4 is 5.32 Å². The van der Waals surface area contributed by atoms with Crippen molar-refractivity contribution in [3.63, 3.8) is 0 Å². The van der Waals surface area contributed by atoms with Crippen molar-refractivity contribution < 1.29 is 9.50 Å². The maximum atomic E-state index is 13.1. The molecule has 2 nitrogen and oxygen atoms in total. The fourth-order valence-corrected chi connectivity index (χ4v) is 2.89. The monoisotopic (exact) mass is 287 g/mol. The van der Waals surface area contributed by atoms with Gasteiger partial charge in [0.15, 0.2) is 0 Å². The van der Waals surface area contributed by atoms with Gasteiger partial charge in [-0.3, -0.25) is 0 Å². The van der Waals surface area contributed by atoms with Gasteiger partial charge in [-0.05, 0) is 52.7 Å². The first-order valence-electron chi connectivity index (χ1n) is 6.37. The Morgan fingerprint density at radius 2 is 2.05 bits per heavy atom. The van der Waals surface area contributed by atoms with Crippen LogP contribution in [0.1, 0.15) is 11.7 Å². The van der Waals surface area contributed by atoms with Crippen LogP contribution in [0.15, 0.2) is 53.9 Å². The summed E-state index contributed by atoms with van der Waals surface area (Å²) >= 11 is 1.70. The Bertz CT molecular complexity index is 725. The minimum absolute atomic E-state index is 0.332. The Balaban J connectivity index is 1.69. The van der Waals surface area contributed by atoms with Gasteiger partial charge < -0.3 is 10.4 Å². The van der Waals surface area contributed by atoms with E-state index in [1.165, 1.54) is 22.2 Å². The first-order valence-corrected chi connectivity index (χ1v) is 7.25. The Hall–Kier alpha value is -1.91. The molecular formula is C16H14FNOS. The molecular weight excluding hydrogens is 273 g/mol. The van der Waals surface area contributed by atoms with Gasteiger partial charge in [0.2, 0.25) is 0 Å². The standard InChI is InChI=1S/C16H14FNOS/c17-13-3-1-2-11(8-13)15(19)10-18-14-4-5-16-12(9-14)6-7-20-16/h1-9,15,18-19H,10H2. The van der Waals surface area contributed by atoms with Crippen molar-refractivity contribution in [2.24, 2.45) is 0 Å². The summed E-state index contributed by atoms with van der Waals surface area (Å²) in [5.41, 5.74) is 1.53. The van der Waals surface area contributed by atoms with Gasteiger partial charge in [-0.2, -0.15) is 0 Å². The molecule has 102 valence electrons. The van der Waals surface area contributed by atoms with E-state index in [1.807, 2.05) is 12.1 Å². The van der Waals surface area contributed by atoms with Crippen LogP contribution in [0.2, 0.25) is 0 Å². The third kappa shape index (κ3) is 2.81. The van der Waals surface area contributed by atoms with E-state index in [1.54, 1.807) is 23.5 Å². The number of benzene rings is 2. The summed E-state index contributed by atoms with van der Waals surface area (Å²) in [5.74, 6) is -0.332. The summed E-state index contributed by atoms with van der Waals surface area (Å²) in [5, 5.41) is 16.5. The van der Waals surface area contributed by atoms with E-state index in [0.717, 1.165) is 5.69 Å². The first-order chi connectivity index (χ1) is 9.72. The summed E-state index contributed by atoms with van der Waals surface area (Å²) in [7, 11) is 0. The maximum absolute atomic E-state index is 13.1. The number of halogens is 1. The highest BCUT2D eigenvalue weighted by Crippen LogP contribution is 2.24. The number of fused-ring (bicyclic) bond motifs is 1. The molecule has 0 fully saturated rings. The van der Waals surface area contributed by atoms with Crippen LogP contribution in [0.25, 0.3) is 10.1 Å². The normalized spacial score (nSPS) is 12.5. The van der Waals surface area contributed by atoms with Gasteiger partial charge in [-0.15, -0.1) is 11.3 Å². The molecule has 0 radical (unpaired) electrons. The number of hydrogen-bond acceptors (Lipinski definition) is 3. The molecule has 1 aromatic heterocycles. The zero-order valence-corrected chi connectivity index (χ0v) is 11.5. The lowest BCUT2D eigenvalue weighted by Crippen LogP contribution is -2.12. The van der Waals surface area contributed by atoms with E-state index in [-0.39, 0.29) is 5.82 Å². The van der Waals surface area contributed by atoms with Crippen molar-refractivity contribution in [2.45, 2.75) is 6.10 Å². The molecule has 1 atom stereocenters. The topological polar surface area (TPSA) is 32.3 Å². The van der Waals surface area contributed by atoms with Gasteiger partial charge >= 0.3 is 0 Å². The Morgan fingerprint density at radius 3 is 2.90 bits per heavy atom. The molecule has 0 amide bonds. The molecule has 0 bridgehead atoms. The molecule has 0 spiro atoms. The number of anilines is 1. The molecule has 0 aliphatic rings. The number of rotatable bonds is 4. The minimum atomic E-state index is -0.733. The molecule has 1 heterocycles. The van der Waals surface area contributed by atoms with Crippen LogP contribution in [-0.4, -0.2) is 11.7 Å². The zero-order chi connectivity index (χ0) is 13.9. The number of thiophene rings is 1. The molecule has 0 saturated carbocycles. The Labute approximate surface area is 120 Å². The van der Waals surface area contributed by atoms with Crippen LogP contribution in [0.4, 0.5) is 10.1 Å². The van der Waals surface area contributed by atoms with Crippen molar-refractivity contribution in [1.82, 2.24) is 0 Å². The predicted molar refractivity (Wildman–Crippen MR) is 81.7 cm³/mol. The van der Waals surface area contributed by atoms with Gasteiger partial charge in [0, 0.05) is 16.9 Å². The highest BCUT2D eigenvalue weighted by molar-refractivity contribution is 7.17. The molecule has 3 rings (SSSR count). The highest BCUT2D eigenvalue weighted by Gasteiger charge is 2.08. The van der Waals surface area contributed by atoms with E-state index in [0.29, 0.717) is 12.1 Å². The van der Waals surface area contributed by atoms with E-state index in [2.05, 4.69) is 22.8 Å². The molecule has 4 heteroatoms. The van der Waals surface area contributed by atoms with Gasteiger partial charge in [-0.25, -0.2) is 4.39 Å². The lowest BCUT2D eigenvalue weighted by molar-refractivity contribution is 0.191. The SMILES string of the molecule is OC(CNc1ccc2sccc2c1)c1cccc(F)c1. The molecule has 0 aliphatic heterocycles. The van der Waals surface area contributed by atoms with Crippen molar-refractivity contribution in [3.05, 3.63) is 65.3 Å². The first kappa shape index (κ1) is 13.1. The van der Waals surface area contributed by atoms with E-state index < -0.39 is 6.10 Å². The second-order valence-electron chi connectivity index (χ2n) is 4.62. The second-order valence-corrected chi connectivity index (χ2v) is 5.57. The van der Waals surface area contributed by atoms with Gasteiger partial charge in [0.1, 0.15) is 5.82 Å². The maximum Gasteiger partial charge on any atom is 0.123 e. The summed E-state index contributed by atoms with van der Waals surface area (Å²) in [4.78, 5) is 0. The number of nitrogens with one attached hydrogen (secondary N) is 1. The lowest BCUT2D eigenvalue weighted by atomic mass is 10.1. The summed E-state index contributed by atoms with van der Waals surface area (Å²) in [6.45, 7) is 0.346. The van der Waals surface area contributed by atoms with Crippen LogP contribution in [-0.2, 0) is 0 Å². The van der Waals surface area contributed by atoms with Crippen LogP contribution in [0.5, 0.6) is 0 Å².